The van der Waals surface area contributed by atoms with Crippen molar-refractivity contribution in [3.63, 3.8) is 0 Å². The maximum atomic E-state index is 11.5. The molecule has 0 fully saturated rings. The van der Waals surface area contributed by atoms with E-state index in [1.165, 1.54) is 6.26 Å². The van der Waals surface area contributed by atoms with E-state index in [4.69, 9.17) is 23.2 Å². The van der Waals surface area contributed by atoms with Crippen LogP contribution < -0.4 is 5.32 Å². The van der Waals surface area contributed by atoms with Crippen LogP contribution >= 0.6 is 23.2 Å². The summed E-state index contributed by atoms with van der Waals surface area (Å²) >= 11 is 12.0. The zero-order chi connectivity index (χ0) is 14.8. The van der Waals surface area contributed by atoms with Crippen molar-refractivity contribution >= 4 is 38.7 Å². The minimum atomic E-state index is -3.21. The Morgan fingerprint density at radius 1 is 1.10 bits per heavy atom. The summed E-state index contributed by atoms with van der Waals surface area (Å²) in [5.41, 5.74) is 1.56. The zero-order valence-corrected chi connectivity index (χ0v) is 13.1. The van der Waals surface area contributed by atoms with Crippen LogP contribution in [-0.2, 0) is 16.4 Å². The summed E-state index contributed by atoms with van der Waals surface area (Å²) in [7, 11) is -3.21. The van der Waals surface area contributed by atoms with Crippen molar-refractivity contribution in [2.75, 3.05) is 11.6 Å². The fraction of sp³-hybridized carbons (Fsp3) is 0.143. The van der Waals surface area contributed by atoms with Crippen LogP contribution in [0.1, 0.15) is 5.56 Å². The Balaban J connectivity index is 2.18. The van der Waals surface area contributed by atoms with E-state index < -0.39 is 9.84 Å². The average Bonchev–Trinajstić information content (AvgIpc) is 2.40. The zero-order valence-electron chi connectivity index (χ0n) is 10.7. The highest BCUT2D eigenvalue weighted by Crippen LogP contribution is 2.26. The van der Waals surface area contributed by atoms with Crippen molar-refractivity contribution in [3.05, 3.63) is 58.1 Å². The first kappa shape index (κ1) is 15.2. The third kappa shape index (κ3) is 3.66. The fourth-order valence-corrected chi connectivity index (χ4v) is 2.77. The Morgan fingerprint density at radius 2 is 1.80 bits per heavy atom. The minimum absolute atomic E-state index is 0.277. The van der Waals surface area contributed by atoms with Gasteiger partial charge in [-0.05, 0) is 29.8 Å². The molecule has 0 radical (unpaired) electrons. The number of anilines is 1. The van der Waals surface area contributed by atoms with Crippen LogP contribution in [0.5, 0.6) is 0 Å². The van der Waals surface area contributed by atoms with Crippen LogP contribution in [0.4, 0.5) is 5.69 Å². The van der Waals surface area contributed by atoms with E-state index in [2.05, 4.69) is 5.32 Å². The van der Waals surface area contributed by atoms with Gasteiger partial charge in [-0.1, -0.05) is 41.4 Å². The van der Waals surface area contributed by atoms with Gasteiger partial charge in [0.25, 0.3) is 0 Å². The fourth-order valence-electron chi connectivity index (χ4n) is 1.72. The van der Waals surface area contributed by atoms with Gasteiger partial charge in [0.05, 0.1) is 14.9 Å². The summed E-state index contributed by atoms with van der Waals surface area (Å²) in [5.74, 6) is 0. The molecule has 6 heteroatoms. The Bertz CT molecular complexity index is 730. The average molecular weight is 330 g/mol. The summed E-state index contributed by atoms with van der Waals surface area (Å²) in [6.07, 6.45) is 1.18. The van der Waals surface area contributed by atoms with Crippen molar-refractivity contribution in [2.45, 2.75) is 11.4 Å². The molecule has 0 heterocycles. The number of halogens is 2. The summed E-state index contributed by atoms with van der Waals surface area (Å²) in [6.45, 7) is 0.465. The molecule has 20 heavy (non-hydrogen) atoms. The second kappa shape index (κ2) is 6.04. The molecule has 0 unspecified atom stereocenters. The number of nitrogens with one attached hydrogen (secondary N) is 1. The van der Waals surface area contributed by atoms with Crippen LogP contribution in [0.3, 0.4) is 0 Å². The molecule has 0 bridgehead atoms. The maximum Gasteiger partial charge on any atom is 0.175 e. The molecule has 0 aromatic heterocycles. The molecule has 0 aliphatic rings. The van der Waals surface area contributed by atoms with Gasteiger partial charge in [-0.15, -0.1) is 0 Å². The monoisotopic (exact) mass is 329 g/mol. The summed E-state index contributed by atoms with van der Waals surface area (Å²) in [6, 6.07) is 12.0. The number of hydrogen-bond acceptors (Lipinski definition) is 3. The molecule has 1 N–H and O–H groups in total. The van der Waals surface area contributed by atoms with Gasteiger partial charge in [0.1, 0.15) is 0 Å². The van der Waals surface area contributed by atoms with Crippen LogP contribution in [-0.4, -0.2) is 14.7 Å². The highest BCUT2D eigenvalue weighted by molar-refractivity contribution is 7.90. The molecule has 0 aliphatic heterocycles. The second-order valence-electron chi connectivity index (χ2n) is 4.37. The van der Waals surface area contributed by atoms with Crippen molar-refractivity contribution in [3.8, 4) is 0 Å². The van der Waals surface area contributed by atoms with Gasteiger partial charge >= 0.3 is 0 Å². The van der Waals surface area contributed by atoms with E-state index in [-0.39, 0.29) is 4.90 Å². The molecule has 0 saturated heterocycles. The molecule has 2 aromatic carbocycles. The SMILES string of the molecule is CS(=O)(=O)c1cccc(NCc2cccc(Cl)c2Cl)c1. The Morgan fingerprint density at radius 3 is 2.50 bits per heavy atom. The smallest absolute Gasteiger partial charge is 0.175 e. The normalized spacial score (nSPS) is 11.3. The lowest BCUT2D eigenvalue weighted by Crippen LogP contribution is -2.02. The van der Waals surface area contributed by atoms with E-state index in [1.807, 2.05) is 12.1 Å². The standard InChI is InChI=1S/C14H13Cl2NO2S/c1-20(18,19)12-6-3-5-11(8-12)17-9-10-4-2-7-13(15)14(10)16/h2-8,17H,9H2,1H3. The Kier molecular flexibility index (Phi) is 4.58. The van der Waals surface area contributed by atoms with Gasteiger partial charge in [0.15, 0.2) is 9.84 Å². The van der Waals surface area contributed by atoms with Crippen LogP contribution in [0.25, 0.3) is 0 Å². The third-order valence-corrected chi connectivity index (χ3v) is 4.75. The second-order valence-corrected chi connectivity index (χ2v) is 7.17. The van der Waals surface area contributed by atoms with Gasteiger partial charge in [-0.25, -0.2) is 8.42 Å². The lowest BCUT2D eigenvalue weighted by Gasteiger charge is -2.10. The molecule has 0 saturated carbocycles. The van der Waals surface area contributed by atoms with E-state index >= 15 is 0 Å². The summed E-state index contributed by atoms with van der Waals surface area (Å²) in [5, 5.41) is 4.13. The lowest BCUT2D eigenvalue weighted by atomic mass is 10.2. The van der Waals surface area contributed by atoms with E-state index in [0.29, 0.717) is 22.3 Å². The number of sulfone groups is 1. The molecule has 2 rings (SSSR count). The Labute approximate surface area is 128 Å². The molecule has 106 valence electrons. The topological polar surface area (TPSA) is 46.2 Å². The van der Waals surface area contributed by atoms with Crippen molar-refractivity contribution in [1.29, 1.82) is 0 Å². The summed E-state index contributed by atoms with van der Waals surface area (Å²) in [4.78, 5) is 0.277. The quantitative estimate of drug-likeness (QED) is 0.921. The van der Waals surface area contributed by atoms with Crippen LogP contribution in [0.2, 0.25) is 10.0 Å². The highest BCUT2D eigenvalue weighted by Gasteiger charge is 2.08. The molecule has 3 nitrogen and oxygen atoms in total. The molecule has 2 aromatic rings. The van der Waals surface area contributed by atoms with Crippen LogP contribution in [0.15, 0.2) is 47.4 Å². The number of benzene rings is 2. The minimum Gasteiger partial charge on any atom is -0.381 e. The predicted octanol–water partition coefficient (Wildman–Crippen LogP) is 4.01. The van der Waals surface area contributed by atoms with E-state index in [0.717, 1.165) is 5.56 Å². The molecule has 0 spiro atoms. The van der Waals surface area contributed by atoms with E-state index in [1.54, 1.807) is 30.3 Å². The Hall–Kier alpha value is -1.23. The van der Waals surface area contributed by atoms with Crippen molar-refractivity contribution in [2.24, 2.45) is 0 Å². The maximum absolute atomic E-state index is 11.5. The van der Waals surface area contributed by atoms with Gasteiger partial charge in [-0.2, -0.15) is 0 Å². The first-order valence-electron chi connectivity index (χ1n) is 5.85. The molecular weight excluding hydrogens is 317 g/mol. The van der Waals surface area contributed by atoms with E-state index in [9.17, 15) is 8.42 Å². The first-order valence-corrected chi connectivity index (χ1v) is 8.49. The molecule has 0 atom stereocenters. The third-order valence-electron chi connectivity index (χ3n) is 2.78. The first-order chi connectivity index (χ1) is 9.38. The van der Waals surface area contributed by atoms with Crippen LogP contribution in [0, 0.1) is 0 Å². The lowest BCUT2D eigenvalue weighted by molar-refractivity contribution is 0.602. The van der Waals surface area contributed by atoms with Crippen molar-refractivity contribution < 1.29 is 8.42 Å². The van der Waals surface area contributed by atoms with Gasteiger partial charge < -0.3 is 5.32 Å². The number of hydrogen-bond donors (Lipinski definition) is 1. The van der Waals surface area contributed by atoms with Gasteiger partial charge in [0.2, 0.25) is 0 Å². The molecule has 0 amide bonds. The molecule has 0 aliphatic carbocycles. The highest BCUT2D eigenvalue weighted by atomic mass is 35.5. The molecular formula is C14H13Cl2NO2S. The van der Waals surface area contributed by atoms with Gasteiger partial charge in [-0.3, -0.25) is 0 Å². The predicted molar refractivity (Wildman–Crippen MR) is 83.3 cm³/mol. The largest absolute Gasteiger partial charge is 0.381 e. The number of rotatable bonds is 4. The van der Waals surface area contributed by atoms with Crippen molar-refractivity contribution in [1.82, 2.24) is 0 Å². The summed E-state index contributed by atoms with van der Waals surface area (Å²) < 4.78 is 23.0. The van der Waals surface area contributed by atoms with Gasteiger partial charge in [0, 0.05) is 18.5 Å².